The Morgan fingerprint density at radius 3 is 2.59 bits per heavy atom. The molecule has 1 aliphatic carbocycles. The van der Waals surface area contributed by atoms with Crippen LogP contribution in [0.25, 0.3) is 22.7 Å². The molecule has 0 unspecified atom stereocenters. The number of methoxy groups -OCH3 is 1. The Labute approximate surface area is 214 Å². The van der Waals surface area contributed by atoms with Crippen LogP contribution in [0.5, 0.6) is 5.75 Å². The summed E-state index contributed by atoms with van der Waals surface area (Å²) < 4.78 is 42.8. The summed E-state index contributed by atoms with van der Waals surface area (Å²) in [5.74, 6) is 2.35. The highest BCUT2D eigenvalue weighted by Crippen LogP contribution is 2.36. The zero-order chi connectivity index (χ0) is 25.6. The topological polar surface area (TPSA) is 130 Å². The lowest BCUT2D eigenvalue weighted by Crippen LogP contribution is -2.40. The van der Waals surface area contributed by atoms with E-state index in [-0.39, 0.29) is 23.7 Å². The van der Waals surface area contributed by atoms with Gasteiger partial charge in [0.2, 0.25) is 10.0 Å². The van der Waals surface area contributed by atoms with Gasteiger partial charge in [0, 0.05) is 24.6 Å². The van der Waals surface area contributed by atoms with Crippen molar-refractivity contribution in [1.82, 2.24) is 38.7 Å². The maximum absolute atomic E-state index is 13.6. The second-order valence-electron chi connectivity index (χ2n) is 9.28. The Bertz CT molecular complexity index is 1540. The number of imidazole rings is 1. The van der Waals surface area contributed by atoms with Crippen LogP contribution in [0, 0.1) is 6.92 Å². The fourth-order valence-corrected chi connectivity index (χ4v) is 6.75. The Morgan fingerprint density at radius 2 is 1.89 bits per heavy atom. The van der Waals surface area contributed by atoms with E-state index < -0.39 is 10.0 Å². The molecule has 3 aromatic heterocycles. The lowest BCUT2D eigenvalue weighted by molar-refractivity contribution is 0.0729. The smallest absolute Gasteiger partial charge is 0.246 e. The summed E-state index contributed by atoms with van der Waals surface area (Å²) in [5, 5.41) is 9.19. The molecule has 1 aromatic carbocycles. The molecular weight excluding hydrogens is 496 g/mol. The molecule has 1 aliphatic heterocycles. The molecule has 4 heterocycles. The zero-order valence-electron chi connectivity index (χ0n) is 20.7. The molecule has 1 saturated carbocycles. The van der Waals surface area contributed by atoms with Crippen LogP contribution < -0.4 is 4.74 Å². The van der Waals surface area contributed by atoms with E-state index in [9.17, 15) is 8.42 Å². The fraction of sp³-hybridized carbons (Fsp3) is 0.458. The van der Waals surface area contributed by atoms with Gasteiger partial charge in [0.25, 0.3) is 0 Å². The predicted octanol–water partition coefficient (Wildman–Crippen LogP) is 2.37. The minimum atomic E-state index is -3.82. The SMILES string of the molecule is COc1ccc(-c2nc(-n3cncn3)c3c(C)nc(C4CCCC4)n3n2)cc1S(=O)(=O)N1CCOCC1. The Kier molecular flexibility index (Phi) is 6.13. The van der Waals surface area contributed by atoms with Crippen LogP contribution in [0.3, 0.4) is 0 Å². The summed E-state index contributed by atoms with van der Waals surface area (Å²) in [4.78, 5) is 13.9. The molecule has 0 N–H and O–H groups in total. The van der Waals surface area contributed by atoms with Crippen LogP contribution in [0.1, 0.15) is 43.1 Å². The number of ether oxygens (including phenoxy) is 2. The third kappa shape index (κ3) is 4.16. The number of morpholine rings is 1. The van der Waals surface area contributed by atoms with Crippen LogP contribution in [0.4, 0.5) is 0 Å². The number of sulfonamides is 1. The van der Waals surface area contributed by atoms with E-state index in [2.05, 4.69) is 10.1 Å². The van der Waals surface area contributed by atoms with Crippen LogP contribution >= 0.6 is 0 Å². The number of aryl methyl sites for hydroxylation is 1. The first-order valence-corrected chi connectivity index (χ1v) is 13.8. The molecule has 13 heteroatoms. The highest BCUT2D eigenvalue weighted by Gasteiger charge is 2.31. The number of aromatic nitrogens is 7. The molecule has 4 aromatic rings. The largest absolute Gasteiger partial charge is 0.495 e. The lowest BCUT2D eigenvalue weighted by Gasteiger charge is -2.26. The summed E-state index contributed by atoms with van der Waals surface area (Å²) >= 11 is 0. The number of hydrogen-bond acceptors (Lipinski definition) is 9. The Morgan fingerprint density at radius 1 is 1.11 bits per heavy atom. The average molecular weight is 525 g/mol. The van der Waals surface area contributed by atoms with Crippen LogP contribution in [-0.2, 0) is 14.8 Å². The Balaban J connectivity index is 1.54. The van der Waals surface area contributed by atoms with Crippen molar-refractivity contribution in [3.05, 3.63) is 42.4 Å². The fourth-order valence-electron chi connectivity index (χ4n) is 5.16. The molecule has 0 bridgehead atoms. The standard InChI is InChI=1S/C24H28N8O4S/c1-16-21-24(31-15-25-14-26-31)28-22(29-32(21)23(27-16)17-5-3-4-6-17)18-7-8-19(35-2)20(13-18)37(33,34)30-9-11-36-12-10-30/h7-8,13-15,17H,3-6,9-12H2,1-2H3. The normalized spacial score (nSPS) is 17.6. The molecule has 0 spiro atoms. The monoisotopic (exact) mass is 524 g/mol. The van der Waals surface area contributed by atoms with Crippen molar-refractivity contribution in [1.29, 1.82) is 0 Å². The molecule has 0 radical (unpaired) electrons. The van der Waals surface area contributed by atoms with Crippen molar-refractivity contribution in [2.24, 2.45) is 0 Å². The molecule has 6 rings (SSSR count). The van der Waals surface area contributed by atoms with Gasteiger partial charge < -0.3 is 9.47 Å². The van der Waals surface area contributed by atoms with E-state index in [1.807, 2.05) is 11.4 Å². The third-order valence-corrected chi connectivity index (χ3v) is 8.96. The summed E-state index contributed by atoms with van der Waals surface area (Å²) in [7, 11) is -2.36. The van der Waals surface area contributed by atoms with Gasteiger partial charge in [0.05, 0.1) is 26.0 Å². The number of nitrogens with zero attached hydrogens (tertiary/aromatic N) is 8. The number of hydrogen-bond donors (Lipinski definition) is 0. The molecule has 12 nitrogen and oxygen atoms in total. The number of fused-ring (bicyclic) bond motifs is 1. The summed E-state index contributed by atoms with van der Waals surface area (Å²) in [6.07, 6.45) is 7.46. The van der Waals surface area contributed by atoms with Crippen molar-refractivity contribution in [2.75, 3.05) is 33.4 Å². The second-order valence-corrected chi connectivity index (χ2v) is 11.2. The average Bonchev–Trinajstić information content (AvgIpc) is 3.70. The number of rotatable bonds is 6. The Hall–Kier alpha value is -3.42. The molecule has 194 valence electrons. The first-order valence-electron chi connectivity index (χ1n) is 12.4. The summed E-state index contributed by atoms with van der Waals surface area (Å²) in [6.45, 7) is 3.22. The quantitative estimate of drug-likeness (QED) is 0.373. The van der Waals surface area contributed by atoms with Gasteiger partial charge in [-0.3, -0.25) is 0 Å². The van der Waals surface area contributed by atoms with E-state index in [0.29, 0.717) is 36.3 Å². The number of benzene rings is 1. The molecule has 0 amide bonds. The molecule has 2 fully saturated rings. The molecule has 0 atom stereocenters. The van der Waals surface area contributed by atoms with Crippen molar-refractivity contribution >= 4 is 15.5 Å². The zero-order valence-corrected chi connectivity index (χ0v) is 21.6. The van der Waals surface area contributed by atoms with Crippen molar-refractivity contribution in [2.45, 2.75) is 43.4 Å². The molecule has 1 saturated heterocycles. The van der Waals surface area contributed by atoms with Crippen molar-refractivity contribution < 1.29 is 17.9 Å². The van der Waals surface area contributed by atoms with Gasteiger partial charge in [-0.25, -0.2) is 32.6 Å². The first-order chi connectivity index (χ1) is 18.0. The van der Waals surface area contributed by atoms with Gasteiger partial charge in [0.15, 0.2) is 11.6 Å². The minimum Gasteiger partial charge on any atom is -0.495 e. The van der Waals surface area contributed by atoms with Gasteiger partial charge >= 0.3 is 0 Å². The maximum Gasteiger partial charge on any atom is 0.246 e. The first kappa shape index (κ1) is 23.9. The van der Waals surface area contributed by atoms with Crippen LogP contribution in [0.15, 0.2) is 35.7 Å². The maximum atomic E-state index is 13.6. The van der Waals surface area contributed by atoms with E-state index >= 15 is 0 Å². The van der Waals surface area contributed by atoms with Gasteiger partial charge in [-0.15, -0.1) is 5.10 Å². The van der Waals surface area contributed by atoms with Gasteiger partial charge in [-0.1, -0.05) is 12.8 Å². The highest BCUT2D eigenvalue weighted by atomic mass is 32.2. The molecular formula is C24H28N8O4S. The molecule has 37 heavy (non-hydrogen) atoms. The lowest BCUT2D eigenvalue weighted by atomic mass is 10.1. The van der Waals surface area contributed by atoms with Crippen LogP contribution in [-0.4, -0.2) is 80.5 Å². The van der Waals surface area contributed by atoms with E-state index in [1.165, 1.54) is 17.7 Å². The molecule has 2 aliphatic rings. The van der Waals surface area contributed by atoms with Crippen LogP contribution in [0.2, 0.25) is 0 Å². The third-order valence-electron chi connectivity index (χ3n) is 7.04. The van der Waals surface area contributed by atoms with Gasteiger partial charge in [-0.2, -0.15) is 9.40 Å². The van der Waals surface area contributed by atoms with Gasteiger partial charge in [-0.05, 0) is 38.0 Å². The van der Waals surface area contributed by atoms with Crippen molar-refractivity contribution in [3.63, 3.8) is 0 Å². The van der Waals surface area contributed by atoms with Gasteiger partial charge in [0.1, 0.15) is 34.6 Å². The van der Waals surface area contributed by atoms with E-state index in [0.717, 1.165) is 42.7 Å². The van der Waals surface area contributed by atoms with E-state index in [4.69, 9.17) is 24.5 Å². The summed E-state index contributed by atoms with van der Waals surface area (Å²) in [6, 6.07) is 4.99. The summed E-state index contributed by atoms with van der Waals surface area (Å²) in [5.41, 5.74) is 2.11. The van der Waals surface area contributed by atoms with Crippen molar-refractivity contribution in [3.8, 4) is 23.0 Å². The predicted molar refractivity (Wildman–Crippen MR) is 133 cm³/mol. The second kappa shape index (κ2) is 9.47. The minimum absolute atomic E-state index is 0.0678. The highest BCUT2D eigenvalue weighted by molar-refractivity contribution is 7.89. The van der Waals surface area contributed by atoms with E-state index in [1.54, 1.807) is 29.2 Å².